The van der Waals surface area contributed by atoms with Crippen molar-refractivity contribution in [2.45, 2.75) is 13.0 Å². The molecule has 0 aliphatic rings. The van der Waals surface area contributed by atoms with Crippen molar-refractivity contribution >= 4 is 0 Å². The summed E-state index contributed by atoms with van der Waals surface area (Å²) in [6.45, 7) is 1.56. The van der Waals surface area contributed by atoms with Crippen LogP contribution in [0, 0.1) is 5.82 Å². The van der Waals surface area contributed by atoms with Gasteiger partial charge in [-0.25, -0.2) is 4.39 Å². The second-order valence-electron chi connectivity index (χ2n) is 2.54. The molecule has 1 N–H and O–H groups in total. The third-order valence-corrected chi connectivity index (χ3v) is 1.42. The number of para-hydroxylation sites is 1. The zero-order chi connectivity index (χ0) is 8.97. The predicted octanol–water partition coefficient (Wildman–Crippen LogP) is 1.59. The van der Waals surface area contributed by atoms with Gasteiger partial charge in [0.25, 0.3) is 0 Å². The van der Waals surface area contributed by atoms with Crippen LogP contribution >= 0.6 is 0 Å². The molecule has 0 fully saturated rings. The number of ether oxygens (including phenoxy) is 1. The van der Waals surface area contributed by atoms with Crippen LogP contribution in [0.5, 0.6) is 5.75 Å². The Morgan fingerprint density at radius 3 is 2.75 bits per heavy atom. The minimum atomic E-state index is -0.405. The molecule has 0 aliphatic heterocycles. The van der Waals surface area contributed by atoms with Gasteiger partial charge >= 0.3 is 0 Å². The molecule has 66 valence electrons. The first-order chi connectivity index (χ1) is 5.74. The van der Waals surface area contributed by atoms with Crippen LogP contribution in [-0.2, 0) is 0 Å². The third kappa shape index (κ3) is 2.20. The number of hydrogen-bond donors (Lipinski definition) is 1. The van der Waals surface area contributed by atoms with Crippen LogP contribution in [0.3, 0.4) is 0 Å². The fraction of sp³-hybridized carbons (Fsp3) is 0.333. The van der Waals surface area contributed by atoms with E-state index in [1.807, 2.05) is 0 Å². The highest BCUT2D eigenvalue weighted by Crippen LogP contribution is 2.16. The van der Waals surface area contributed by atoms with E-state index in [-0.39, 0.29) is 18.5 Å². The Balaban J connectivity index is 2.69. The van der Waals surface area contributed by atoms with Crippen molar-refractivity contribution in [2.24, 2.45) is 0 Å². The highest BCUT2D eigenvalue weighted by Gasteiger charge is 2.05. The Hall–Kier alpha value is -1.09. The Morgan fingerprint density at radius 2 is 2.17 bits per heavy atom. The lowest BCUT2D eigenvalue weighted by molar-refractivity contribution is 0.125. The molecule has 0 spiro atoms. The van der Waals surface area contributed by atoms with Gasteiger partial charge in [0.05, 0.1) is 6.61 Å². The van der Waals surface area contributed by atoms with E-state index in [9.17, 15) is 4.39 Å². The molecular weight excluding hydrogens is 159 g/mol. The van der Waals surface area contributed by atoms with Gasteiger partial charge in [-0.15, -0.1) is 0 Å². The molecule has 0 heterocycles. The highest BCUT2D eigenvalue weighted by atomic mass is 19.1. The first-order valence-corrected chi connectivity index (χ1v) is 3.76. The lowest BCUT2D eigenvalue weighted by Gasteiger charge is -2.11. The zero-order valence-corrected chi connectivity index (χ0v) is 6.83. The summed E-state index contributed by atoms with van der Waals surface area (Å²) in [7, 11) is 0. The molecule has 1 atom stereocenters. The van der Waals surface area contributed by atoms with Gasteiger partial charge in [-0.3, -0.25) is 0 Å². The molecular formula is C9H11FO2. The highest BCUT2D eigenvalue weighted by molar-refractivity contribution is 5.23. The quantitative estimate of drug-likeness (QED) is 0.746. The largest absolute Gasteiger partial charge is 0.485 e. The smallest absolute Gasteiger partial charge is 0.165 e. The second-order valence-corrected chi connectivity index (χ2v) is 2.54. The van der Waals surface area contributed by atoms with E-state index in [2.05, 4.69) is 0 Å². The van der Waals surface area contributed by atoms with Crippen molar-refractivity contribution in [3.05, 3.63) is 30.1 Å². The first kappa shape index (κ1) is 9.00. The predicted molar refractivity (Wildman–Crippen MR) is 43.6 cm³/mol. The maximum absolute atomic E-state index is 12.9. The average molecular weight is 170 g/mol. The van der Waals surface area contributed by atoms with Crippen molar-refractivity contribution in [1.29, 1.82) is 0 Å². The number of aliphatic hydroxyl groups excluding tert-OH is 1. The third-order valence-electron chi connectivity index (χ3n) is 1.42. The normalized spacial score (nSPS) is 12.6. The van der Waals surface area contributed by atoms with Crippen molar-refractivity contribution in [2.75, 3.05) is 6.61 Å². The summed E-state index contributed by atoms with van der Waals surface area (Å²) in [6.07, 6.45) is -0.373. The van der Waals surface area contributed by atoms with Crippen molar-refractivity contribution < 1.29 is 14.2 Å². The van der Waals surface area contributed by atoms with E-state index >= 15 is 0 Å². The summed E-state index contributed by atoms with van der Waals surface area (Å²) in [6, 6.07) is 6.12. The lowest BCUT2D eigenvalue weighted by Crippen LogP contribution is -2.16. The van der Waals surface area contributed by atoms with Crippen LogP contribution in [0.4, 0.5) is 4.39 Å². The van der Waals surface area contributed by atoms with E-state index in [1.165, 1.54) is 12.1 Å². The molecule has 0 amide bonds. The van der Waals surface area contributed by atoms with Crippen LogP contribution in [0.2, 0.25) is 0 Å². The van der Waals surface area contributed by atoms with Crippen LogP contribution < -0.4 is 4.74 Å². The molecule has 0 aromatic heterocycles. The van der Waals surface area contributed by atoms with E-state index < -0.39 is 5.82 Å². The van der Waals surface area contributed by atoms with Gasteiger partial charge < -0.3 is 9.84 Å². The summed E-state index contributed by atoms with van der Waals surface area (Å²) >= 11 is 0. The standard InChI is InChI=1S/C9H11FO2/c1-7(6-11)12-9-5-3-2-4-8(9)10/h2-5,7,11H,6H2,1H3/t7-/m1/s1. The molecule has 1 aromatic carbocycles. The molecule has 0 aliphatic carbocycles. The zero-order valence-electron chi connectivity index (χ0n) is 6.83. The topological polar surface area (TPSA) is 29.5 Å². The Labute approximate surface area is 70.6 Å². The average Bonchev–Trinajstić information content (AvgIpc) is 2.09. The summed E-state index contributed by atoms with van der Waals surface area (Å²) in [5.41, 5.74) is 0. The summed E-state index contributed by atoms with van der Waals surface area (Å²) < 4.78 is 17.9. The fourth-order valence-electron chi connectivity index (χ4n) is 0.794. The van der Waals surface area contributed by atoms with E-state index in [0.717, 1.165) is 0 Å². The minimum Gasteiger partial charge on any atom is -0.485 e. The number of aliphatic hydroxyl groups is 1. The van der Waals surface area contributed by atoms with Crippen LogP contribution in [0.25, 0.3) is 0 Å². The monoisotopic (exact) mass is 170 g/mol. The molecule has 3 heteroatoms. The summed E-state index contributed by atoms with van der Waals surface area (Å²) in [5.74, 6) is -0.225. The molecule has 0 unspecified atom stereocenters. The van der Waals surface area contributed by atoms with Crippen molar-refractivity contribution in [3.8, 4) is 5.75 Å². The SMILES string of the molecule is C[C@H](CO)Oc1ccccc1F. The maximum Gasteiger partial charge on any atom is 0.165 e. The molecule has 12 heavy (non-hydrogen) atoms. The Morgan fingerprint density at radius 1 is 1.50 bits per heavy atom. The molecule has 0 radical (unpaired) electrons. The van der Waals surface area contributed by atoms with Gasteiger partial charge in [0.1, 0.15) is 6.10 Å². The first-order valence-electron chi connectivity index (χ1n) is 3.76. The molecule has 0 saturated heterocycles. The van der Waals surface area contributed by atoms with Crippen LogP contribution in [-0.4, -0.2) is 17.8 Å². The van der Waals surface area contributed by atoms with Gasteiger partial charge in [-0.1, -0.05) is 12.1 Å². The number of benzene rings is 1. The van der Waals surface area contributed by atoms with Crippen LogP contribution in [0.1, 0.15) is 6.92 Å². The minimum absolute atomic E-state index is 0.117. The number of hydrogen-bond acceptors (Lipinski definition) is 2. The molecule has 0 saturated carbocycles. The van der Waals surface area contributed by atoms with Gasteiger partial charge in [0, 0.05) is 0 Å². The van der Waals surface area contributed by atoms with E-state index in [1.54, 1.807) is 19.1 Å². The van der Waals surface area contributed by atoms with Gasteiger partial charge in [-0.05, 0) is 19.1 Å². The van der Waals surface area contributed by atoms with E-state index in [4.69, 9.17) is 9.84 Å². The van der Waals surface area contributed by atoms with Crippen molar-refractivity contribution in [3.63, 3.8) is 0 Å². The van der Waals surface area contributed by atoms with Crippen molar-refractivity contribution in [1.82, 2.24) is 0 Å². The van der Waals surface area contributed by atoms with Gasteiger partial charge in [-0.2, -0.15) is 0 Å². The maximum atomic E-state index is 12.9. The molecule has 0 bridgehead atoms. The fourth-order valence-corrected chi connectivity index (χ4v) is 0.794. The van der Waals surface area contributed by atoms with Gasteiger partial charge in [0.2, 0.25) is 0 Å². The number of halogens is 1. The summed E-state index contributed by atoms with van der Waals surface area (Å²) in [5, 5.41) is 8.64. The second kappa shape index (κ2) is 4.07. The number of rotatable bonds is 3. The van der Waals surface area contributed by atoms with Gasteiger partial charge in [0.15, 0.2) is 11.6 Å². The Bertz CT molecular complexity index is 250. The lowest BCUT2D eigenvalue weighted by atomic mass is 10.3. The van der Waals surface area contributed by atoms with E-state index in [0.29, 0.717) is 0 Å². The molecule has 2 nitrogen and oxygen atoms in total. The molecule has 1 aromatic rings. The summed E-state index contributed by atoms with van der Waals surface area (Å²) in [4.78, 5) is 0. The van der Waals surface area contributed by atoms with Crippen LogP contribution in [0.15, 0.2) is 24.3 Å². The Kier molecular flexibility index (Phi) is 3.05. The molecule has 1 rings (SSSR count).